The van der Waals surface area contributed by atoms with Crippen LogP contribution in [0.1, 0.15) is 36.4 Å². The Morgan fingerprint density at radius 3 is 2.37 bits per heavy atom. The van der Waals surface area contributed by atoms with Crippen molar-refractivity contribution in [2.75, 3.05) is 86.8 Å². The highest BCUT2D eigenvalue weighted by Crippen LogP contribution is 2.42. The SMILES string of the molecule is C=CC(=O)Nc1cc(Nc2cc(N3OCC[C@@H]3c3cccc(C(F)(F)F)c3F)ncn2)c(OC)cc1N1CCC(N2CCN(C3COC3)CC2)CC1. The number of ether oxygens (including phenoxy) is 2. The maximum absolute atomic E-state index is 15.1. The molecule has 0 spiro atoms. The van der Waals surface area contributed by atoms with E-state index in [2.05, 4.69) is 41.9 Å². The summed E-state index contributed by atoms with van der Waals surface area (Å²) in [6.07, 6.45) is -0.149. The van der Waals surface area contributed by atoms with Crippen molar-refractivity contribution in [3.63, 3.8) is 0 Å². The first-order valence-electron chi connectivity index (χ1n) is 17.5. The third-order valence-electron chi connectivity index (χ3n) is 10.3. The van der Waals surface area contributed by atoms with Gasteiger partial charge in [0, 0.05) is 69.4 Å². The molecule has 7 rings (SSSR count). The lowest BCUT2D eigenvalue weighted by Crippen LogP contribution is -2.59. The van der Waals surface area contributed by atoms with Crippen molar-refractivity contribution < 1.29 is 36.7 Å². The number of anilines is 5. The first-order valence-corrected chi connectivity index (χ1v) is 17.5. The monoisotopic (exact) mass is 726 g/mol. The Bertz CT molecular complexity index is 1760. The zero-order valence-corrected chi connectivity index (χ0v) is 28.9. The molecule has 12 nitrogen and oxygen atoms in total. The number of carbonyl (C=O) groups excluding carboxylic acids is 1. The van der Waals surface area contributed by atoms with Crippen LogP contribution < -0.4 is 25.3 Å². The number of nitrogens with one attached hydrogen (secondary N) is 2. The Balaban J connectivity index is 1.08. The summed E-state index contributed by atoms with van der Waals surface area (Å²) in [5.41, 5.74) is 0.370. The minimum Gasteiger partial charge on any atom is -0.494 e. The number of halogens is 4. The largest absolute Gasteiger partial charge is 0.494 e. The van der Waals surface area contributed by atoms with Gasteiger partial charge in [-0.1, -0.05) is 18.7 Å². The standard InChI is InChI=1S/C36H42F4N8O4/c1-3-34(49)44-27-17-28(31(50-2)18-30(27)47-10-7-23(8-11-47)45-12-14-46(15-13-45)24-20-51-21-24)43-32-19-33(42-22-41-32)48-29(9-16-52-48)25-5-4-6-26(35(25)37)36(38,39)40/h3-6,17-19,22-24,29H,1,7-16,20-21H2,2H3,(H,44,49)(H,41,42,43)/t29-/m1/s1. The van der Waals surface area contributed by atoms with Crippen LogP contribution in [-0.2, 0) is 20.5 Å². The predicted octanol–water partition coefficient (Wildman–Crippen LogP) is 5.38. The quantitative estimate of drug-likeness (QED) is 0.208. The van der Waals surface area contributed by atoms with Crippen molar-refractivity contribution in [3.05, 3.63) is 72.3 Å². The van der Waals surface area contributed by atoms with E-state index in [9.17, 15) is 18.0 Å². The summed E-state index contributed by atoms with van der Waals surface area (Å²) in [6, 6.07) is 8.60. The molecule has 3 aromatic rings. The van der Waals surface area contributed by atoms with Crippen molar-refractivity contribution in [2.45, 2.75) is 43.6 Å². The van der Waals surface area contributed by atoms with E-state index in [4.69, 9.17) is 14.3 Å². The summed E-state index contributed by atoms with van der Waals surface area (Å²) >= 11 is 0. The minimum absolute atomic E-state index is 0.147. The molecule has 4 saturated heterocycles. The molecule has 4 fully saturated rings. The number of hydroxylamine groups is 1. The second-order valence-corrected chi connectivity index (χ2v) is 13.3. The topological polar surface area (TPSA) is 108 Å². The number of hydrogen-bond donors (Lipinski definition) is 2. The average molecular weight is 727 g/mol. The van der Waals surface area contributed by atoms with Gasteiger partial charge in [-0.25, -0.2) is 19.4 Å². The molecule has 5 heterocycles. The fourth-order valence-corrected chi connectivity index (χ4v) is 7.43. The Morgan fingerprint density at radius 2 is 1.71 bits per heavy atom. The number of benzene rings is 2. The molecule has 0 aliphatic carbocycles. The maximum atomic E-state index is 15.1. The fraction of sp³-hybridized carbons (Fsp3) is 0.472. The Labute approximate surface area is 299 Å². The van der Waals surface area contributed by atoms with E-state index in [0.717, 1.165) is 71.0 Å². The van der Waals surface area contributed by atoms with Crippen LogP contribution in [0, 0.1) is 5.82 Å². The zero-order valence-electron chi connectivity index (χ0n) is 28.9. The normalized spacial score (nSPS) is 20.8. The van der Waals surface area contributed by atoms with Gasteiger partial charge in [0.2, 0.25) is 5.91 Å². The summed E-state index contributed by atoms with van der Waals surface area (Å²) in [5.74, 6) is -0.698. The molecule has 0 bridgehead atoms. The first-order chi connectivity index (χ1) is 25.1. The van der Waals surface area contributed by atoms with Crippen molar-refractivity contribution in [3.8, 4) is 5.75 Å². The molecule has 0 radical (unpaired) electrons. The van der Waals surface area contributed by atoms with Gasteiger partial charge in [0.15, 0.2) is 5.82 Å². The second-order valence-electron chi connectivity index (χ2n) is 13.3. The highest BCUT2D eigenvalue weighted by molar-refractivity contribution is 6.02. The third-order valence-corrected chi connectivity index (χ3v) is 10.3. The number of methoxy groups -OCH3 is 1. The van der Waals surface area contributed by atoms with Crippen LogP contribution in [0.15, 0.2) is 55.4 Å². The number of aromatic nitrogens is 2. The van der Waals surface area contributed by atoms with Gasteiger partial charge in [-0.2, -0.15) is 13.2 Å². The number of piperidine rings is 1. The van der Waals surface area contributed by atoms with Gasteiger partial charge in [-0.3, -0.25) is 19.4 Å². The van der Waals surface area contributed by atoms with E-state index >= 15 is 4.39 Å². The van der Waals surface area contributed by atoms with E-state index < -0.39 is 23.6 Å². The van der Waals surface area contributed by atoms with Gasteiger partial charge in [0.05, 0.1) is 61.6 Å². The lowest BCUT2D eigenvalue weighted by Gasteiger charge is -2.46. The summed E-state index contributed by atoms with van der Waals surface area (Å²) in [6.45, 7) is 11.3. The van der Waals surface area contributed by atoms with Crippen molar-refractivity contribution in [1.82, 2.24) is 19.8 Å². The summed E-state index contributed by atoms with van der Waals surface area (Å²) in [7, 11) is 1.55. The van der Waals surface area contributed by atoms with Crippen LogP contribution in [0.2, 0.25) is 0 Å². The Hall–Kier alpha value is -4.51. The van der Waals surface area contributed by atoms with Gasteiger partial charge < -0.3 is 25.0 Å². The van der Waals surface area contributed by atoms with Gasteiger partial charge in [0.25, 0.3) is 0 Å². The van der Waals surface area contributed by atoms with Crippen LogP contribution in [0.3, 0.4) is 0 Å². The van der Waals surface area contributed by atoms with E-state index in [0.29, 0.717) is 41.1 Å². The molecule has 1 amide bonds. The summed E-state index contributed by atoms with van der Waals surface area (Å²) in [5, 5.41) is 7.46. The minimum atomic E-state index is -4.84. The molecule has 0 unspecified atom stereocenters. The van der Waals surface area contributed by atoms with Crippen LogP contribution in [0.4, 0.5) is 46.3 Å². The second kappa shape index (κ2) is 15.2. The summed E-state index contributed by atoms with van der Waals surface area (Å²) < 4.78 is 66.7. The number of rotatable bonds is 10. The van der Waals surface area contributed by atoms with Gasteiger partial charge in [0.1, 0.15) is 23.7 Å². The van der Waals surface area contributed by atoms with E-state index in [-0.39, 0.29) is 30.3 Å². The zero-order chi connectivity index (χ0) is 36.4. The number of alkyl halides is 3. The number of carbonyl (C=O) groups is 1. The maximum Gasteiger partial charge on any atom is 0.419 e. The first kappa shape index (κ1) is 35.9. The molecule has 16 heteroatoms. The highest BCUT2D eigenvalue weighted by atomic mass is 19.4. The molecular weight excluding hydrogens is 684 g/mol. The number of nitrogens with zero attached hydrogens (tertiary/aromatic N) is 6. The van der Waals surface area contributed by atoms with Gasteiger partial charge >= 0.3 is 6.18 Å². The molecule has 1 aromatic heterocycles. The van der Waals surface area contributed by atoms with Crippen LogP contribution >= 0.6 is 0 Å². The molecule has 1 atom stereocenters. The average Bonchev–Trinajstić information content (AvgIpc) is 3.61. The van der Waals surface area contributed by atoms with E-state index in [1.54, 1.807) is 19.2 Å². The van der Waals surface area contributed by atoms with Gasteiger partial charge in [-0.05, 0) is 31.1 Å². The molecular formula is C36H42F4N8O4. The molecule has 0 saturated carbocycles. The predicted molar refractivity (Wildman–Crippen MR) is 187 cm³/mol. The van der Waals surface area contributed by atoms with E-state index in [1.807, 2.05) is 6.07 Å². The highest BCUT2D eigenvalue weighted by Gasteiger charge is 2.39. The molecule has 2 N–H and O–H groups in total. The number of amides is 1. The van der Waals surface area contributed by atoms with Crippen LogP contribution in [0.25, 0.3) is 0 Å². The molecule has 4 aliphatic heterocycles. The Morgan fingerprint density at radius 1 is 0.981 bits per heavy atom. The molecule has 2 aromatic carbocycles. The van der Waals surface area contributed by atoms with Crippen LogP contribution in [0.5, 0.6) is 5.75 Å². The lowest BCUT2D eigenvalue weighted by atomic mass is 10.0. The number of hydrogen-bond acceptors (Lipinski definition) is 11. The fourth-order valence-electron chi connectivity index (χ4n) is 7.43. The smallest absolute Gasteiger partial charge is 0.419 e. The molecule has 278 valence electrons. The van der Waals surface area contributed by atoms with Gasteiger partial charge in [-0.15, -0.1) is 0 Å². The third kappa shape index (κ3) is 7.51. The van der Waals surface area contributed by atoms with Crippen molar-refractivity contribution >= 4 is 34.6 Å². The molecule has 4 aliphatic rings. The van der Waals surface area contributed by atoms with Crippen molar-refractivity contribution in [1.29, 1.82) is 0 Å². The number of piperazine rings is 1. The Kier molecular flexibility index (Phi) is 10.5. The van der Waals surface area contributed by atoms with Crippen molar-refractivity contribution in [2.24, 2.45) is 0 Å². The molecule has 52 heavy (non-hydrogen) atoms. The lowest BCUT2D eigenvalue weighted by molar-refractivity contribution is -0.140. The summed E-state index contributed by atoms with van der Waals surface area (Å²) in [4.78, 5) is 34.3. The van der Waals surface area contributed by atoms with E-state index in [1.165, 1.54) is 29.6 Å². The van der Waals surface area contributed by atoms with Crippen LogP contribution in [-0.4, -0.2) is 104 Å².